The summed E-state index contributed by atoms with van der Waals surface area (Å²) in [5.74, 6) is -2.72. The molecule has 0 radical (unpaired) electrons. The van der Waals surface area contributed by atoms with Crippen molar-refractivity contribution in [1.82, 2.24) is 24.9 Å². The predicted molar refractivity (Wildman–Crippen MR) is 253 cm³/mol. The number of carboxylic acid groups (broad SMARTS) is 1. The Kier molecular flexibility index (Phi) is 15.8. The number of ether oxygens (including phenoxy) is 3. The topological polar surface area (TPSA) is 245 Å². The van der Waals surface area contributed by atoms with E-state index in [1.54, 1.807) is 58.2 Å². The van der Waals surface area contributed by atoms with Gasteiger partial charge < -0.3 is 35.3 Å². The lowest BCUT2D eigenvalue weighted by Crippen LogP contribution is -2.56. The van der Waals surface area contributed by atoms with Gasteiger partial charge in [0.05, 0.1) is 30.6 Å². The van der Waals surface area contributed by atoms with Crippen LogP contribution in [0.2, 0.25) is 0 Å². The molecule has 1 aliphatic carbocycles. The number of rotatable bonds is 21. The molecular formula is C47H59N7O11S2. The minimum atomic E-state index is -4.62. The number of nitrogens with zero attached hydrogens (tertiary/aromatic N) is 3. The molecule has 18 nitrogen and oxygen atoms in total. The van der Waals surface area contributed by atoms with E-state index >= 15 is 0 Å². The normalized spacial score (nSPS) is 19.1. The summed E-state index contributed by atoms with van der Waals surface area (Å²) >= 11 is 1.43. The van der Waals surface area contributed by atoms with E-state index in [2.05, 4.69) is 27.3 Å². The molecule has 20 heteroatoms. The van der Waals surface area contributed by atoms with Gasteiger partial charge in [0.1, 0.15) is 45.4 Å². The lowest BCUT2D eigenvalue weighted by molar-refractivity contribution is -0.137. The van der Waals surface area contributed by atoms with Crippen LogP contribution >= 0.6 is 11.3 Å². The fraction of sp³-hybridized carbons (Fsp3) is 0.468. The molecule has 0 bridgehead atoms. The molecule has 2 aliphatic rings. The van der Waals surface area contributed by atoms with Crippen LogP contribution in [0, 0.1) is 5.92 Å². The van der Waals surface area contributed by atoms with Crippen LogP contribution in [-0.2, 0) is 33.9 Å². The van der Waals surface area contributed by atoms with Gasteiger partial charge in [-0.1, -0.05) is 37.5 Å². The molecule has 1 saturated carbocycles. The van der Waals surface area contributed by atoms with E-state index in [-0.39, 0.29) is 48.9 Å². The van der Waals surface area contributed by atoms with Gasteiger partial charge in [-0.05, 0) is 78.1 Å². The number of unbranched alkanes of at least 4 members (excludes halogenated alkanes) is 4. The Morgan fingerprint density at radius 2 is 1.72 bits per heavy atom. The third kappa shape index (κ3) is 12.8. The minimum absolute atomic E-state index is 0.0217. The van der Waals surface area contributed by atoms with Crippen LogP contribution < -0.4 is 30.1 Å². The molecule has 1 saturated heterocycles. The van der Waals surface area contributed by atoms with E-state index in [9.17, 15) is 32.4 Å². The number of anilines is 2. The highest BCUT2D eigenvalue weighted by atomic mass is 32.2. The summed E-state index contributed by atoms with van der Waals surface area (Å²) in [6.07, 6.45) is 3.31. The SMILES string of the molecule is C=C[C@@H]1C[C@]1(NC(=O)[C@@H]1C[C@@H](Oc2cc(-c3csc(NC(C)C)n3)nc3cc(OC)ccc23)CN1C(=O)OC(C)(C)C)C(=O)NS(=O)(=O)c1ccccc1NC(=O)CCCCCCCC(=O)O. The number of hydrogen-bond donors (Lipinski definition) is 5. The number of carbonyl (C=O) groups is 5. The zero-order valence-corrected chi connectivity index (χ0v) is 40.2. The number of thiazole rings is 1. The number of nitrogens with one attached hydrogen (secondary N) is 4. The number of fused-ring (bicyclic) bond motifs is 1. The second kappa shape index (κ2) is 21.1. The Hall–Kier alpha value is -6.28. The molecular weight excluding hydrogens is 903 g/mol. The van der Waals surface area contributed by atoms with Gasteiger partial charge in [0.25, 0.3) is 15.9 Å². The van der Waals surface area contributed by atoms with Gasteiger partial charge in [-0.25, -0.2) is 27.9 Å². The Bertz CT molecular complexity index is 2610. The second-order valence-electron chi connectivity index (χ2n) is 18.0. The van der Waals surface area contributed by atoms with Gasteiger partial charge >= 0.3 is 12.1 Å². The molecule has 2 fully saturated rings. The van der Waals surface area contributed by atoms with Gasteiger partial charge in [0, 0.05) is 54.1 Å². The number of benzene rings is 2. The van der Waals surface area contributed by atoms with Crippen LogP contribution in [0.1, 0.15) is 92.4 Å². The Morgan fingerprint density at radius 1 is 1.00 bits per heavy atom. The lowest BCUT2D eigenvalue weighted by Gasteiger charge is -2.29. The molecule has 67 heavy (non-hydrogen) atoms. The number of hydrogen-bond acceptors (Lipinski definition) is 14. The zero-order chi connectivity index (χ0) is 48.7. The van der Waals surface area contributed by atoms with E-state index in [1.807, 2.05) is 19.2 Å². The maximum Gasteiger partial charge on any atom is 0.411 e. The van der Waals surface area contributed by atoms with Crippen molar-refractivity contribution in [3.05, 3.63) is 66.6 Å². The van der Waals surface area contributed by atoms with E-state index < -0.39 is 69.0 Å². The number of para-hydroxylation sites is 1. The van der Waals surface area contributed by atoms with Crippen LogP contribution in [0.4, 0.5) is 15.6 Å². The average Bonchev–Trinajstić information content (AvgIpc) is 3.52. The molecule has 2 aromatic carbocycles. The molecule has 6 rings (SSSR count). The van der Waals surface area contributed by atoms with E-state index in [0.717, 1.165) is 18.0 Å². The highest BCUT2D eigenvalue weighted by molar-refractivity contribution is 7.90. The van der Waals surface area contributed by atoms with Crippen LogP contribution in [0.25, 0.3) is 22.3 Å². The Balaban J connectivity index is 1.20. The van der Waals surface area contributed by atoms with E-state index in [4.69, 9.17) is 29.3 Å². The van der Waals surface area contributed by atoms with Crippen molar-refractivity contribution in [3.8, 4) is 22.9 Å². The summed E-state index contributed by atoms with van der Waals surface area (Å²) < 4.78 is 47.7. The first-order valence-electron chi connectivity index (χ1n) is 22.2. The van der Waals surface area contributed by atoms with Crippen molar-refractivity contribution in [3.63, 3.8) is 0 Å². The molecule has 0 unspecified atom stereocenters. The number of sulfonamides is 1. The predicted octanol–water partition coefficient (Wildman–Crippen LogP) is 7.26. The third-order valence-corrected chi connectivity index (χ3v) is 13.3. The molecule has 0 spiro atoms. The van der Waals surface area contributed by atoms with Crippen LogP contribution in [0.15, 0.2) is 71.5 Å². The average molecular weight is 962 g/mol. The number of pyridine rings is 1. The number of amides is 4. The van der Waals surface area contributed by atoms with Crippen LogP contribution in [-0.4, -0.2) is 101 Å². The number of aromatic nitrogens is 2. The first-order valence-corrected chi connectivity index (χ1v) is 24.6. The van der Waals surface area contributed by atoms with E-state index in [0.29, 0.717) is 53.1 Å². The van der Waals surface area contributed by atoms with Gasteiger partial charge in [-0.2, -0.15) is 0 Å². The standard InChI is InChI=1S/C47H59N7O11S2/c1-8-29-25-47(29,43(59)53-67(61,62)39-17-15-14-16-33(39)50-40(55)18-12-10-9-11-13-19-41(56)57)52-42(58)37-23-31(26-54(37)45(60)65-46(4,5)6)64-38-24-35(36-27-66-44(51-36)48-28(2)3)49-34-22-30(63-7)20-21-32(34)38/h8,14-17,20-22,24,27-29,31,37H,1,9-13,18-19,23,25-26H2,2-7H3,(H,48,51)(H,50,55)(H,52,58)(H,53,59)(H,56,57)/t29-,31-,37+,47-/m1/s1. The summed E-state index contributed by atoms with van der Waals surface area (Å²) in [6, 6.07) is 11.7. The van der Waals surface area contributed by atoms with Crippen molar-refractivity contribution in [2.24, 2.45) is 5.92 Å². The quantitative estimate of drug-likeness (QED) is 0.0408. The van der Waals surface area contributed by atoms with Crippen molar-refractivity contribution >= 4 is 72.9 Å². The highest BCUT2D eigenvalue weighted by Crippen LogP contribution is 2.45. The largest absolute Gasteiger partial charge is 0.497 e. The number of carboxylic acids is 1. The summed E-state index contributed by atoms with van der Waals surface area (Å²) in [6.45, 7) is 12.8. The first kappa shape index (κ1) is 50.1. The van der Waals surface area contributed by atoms with Crippen LogP contribution in [0.5, 0.6) is 11.5 Å². The van der Waals surface area contributed by atoms with Crippen molar-refractivity contribution in [1.29, 1.82) is 0 Å². The third-order valence-electron chi connectivity index (χ3n) is 11.2. The van der Waals surface area contributed by atoms with Crippen molar-refractivity contribution in [2.45, 2.75) is 127 Å². The Labute approximate surface area is 394 Å². The lowest BCUT2D eigenvalue weighted by atomic mass is 10.1. The minimum Gasteiger partial charge on any atom is -0.497 e. The molecule has 4 aromatic rings. The van der Waals surface area contributed by atoms with Crippen LogP contribution in [0.3, 0.4) is 0 Å². The molecule has 2 aromatic heterocycles. The summed E-state index contributed by atoms with van der Waals surface area (Å²) in [4.78, 5) is 76.4. The number of carbonyl (C=O) groups excluding carboxylic acids is 4. The van der Waals surface area contributed by atoms with E-state index in [1.165, 1.54) is 40.5 Å². The number of likely N-dealkylation sites (tertiary alicyclic amines) is 1. The molecule has 4 amide bonds. The fourth-order valence-electron chi connectivity index (χ4n) is 7.78. The smallest absolute Gasteiger partial charge is 0.411 e. The first-order chi connectivity index (χ1) is 31.7. The highest BCUT2D eigenvalue weighted by Gasteiger charge is 2.61. The maximum absolute atomic E-state index is 14.5. The molecule has 3 heterocycles. The number of aliphatic carboxylic acids is 1. The molecule has 1 aliphatic heterocycles. The fourth-order valence-corrected chi connectivity index (χ4v) is 9.84. The molecule has 4 atom stereocenters. The van der Waals surface area contributed by atoms with Gasteiger partial charge in [-0.3, -0.25) is 24.1 Å². The summed E-state index contributed by atoms with van der Waals surface area (Å²) in [7, 11) is -3.07. The summed E-state index contributed by atoms with van der Waals surface area (Å²) in [5, 5.41) is 20.8. The number of methoxy groups -OCH3 is 1. The zero-order valence-electron chi connectivity index (χ0n) is 38.5. The maximum atomic E-state index is 14.5. The Morgan fingerprint density at radius 3 is 2.39 bits per heavy atom. The molecule has 360 valence electrons. The van der Waals surface area contributed by atoms with Gasteiger partial charge in [0.2, 0.25) is 11.8 Å². The monoisotopic (exact) mass is 961 g/mol. The van der Waals surface area contributed by atoms with Gasteiger partial charge in [-0.15, -0.1) is 17.9 Å². The van der Waals surface area contributed by atoms with Gasteiger partial charge in [0.15, 0.2) is 5.13 Å². The van der Waals surface area contributed by atoms with Crippen molar-refractivity contribution in [2.75, 3.05) is 24.3 Å². The van der Waals surface area contributed by atoms with Crippen molar-refractivity contribution < 1.29 is 51.7 Å². The molecule has 5 N–H and O–H groups in total. The second-order valence-corrected chi connectivity index (χ2v) is 20.5. The summed E-state index contributed by atoms with van der Waals surface area (Å²) in [5.41, 5.74) is -1.01.